The molecule has 2 amide bonds. The van der Waals surface area contributed by atoms with E-state index in [1.807, 2.05) is 63.4 Å². The van der Waals surface area contributed by atoms with Crippen LogP contribution in [0.1, 0.15) is 68.8 Å². The summed E-state index contributed by atoms with van der Waals surface area (Å²) in [6.45, 7) is 8.45. The number of H-pyrrole nitrogens is 1. The van der Waals surface area contributed by atoms with E-state index < -0.39 is 5.60 Å². The molecule has 37 heavy (non-hydrogen) atoms. The molecule has 2 aromatic heterocycles. The molecule has 0 radical (unpaired) electrons. The average Bonchev–Trinajstić information content (AvgIpc) is 3.54. The van der Waals surface area contributed by atoms with Crippen LogP contribution in [0.25, 0.3) is 11.2 Å². The average molecular weight is 506 g/mol. The minimum Gasteiger partial charge on any atom is -0.445 e. The zero-order valence-electron chi connectivity index (χ0n) is 21.8. The van der Waals surface area contributed by atoms with E-state index in [4.69, 9.17) is 14.5 Å². The van der Waals surface area contributed by atoms with Gasteiger partial charge in [0.2, 0.25) is 0 Å². The number of benzene rings is 1. The Bertz CT molecular complexity index is 1240. The van der Waals surface area contributed by atoms with E-state index in [-0.39, 0.29) is 24.7 Å². The molecule has 0 aliphatic carbocycles. The van der Waals surface area contributed by atoms with E-state index in [2.05, 4.69) is 9.97 Å². The Kier molecular flexibility index (Phi) is 7.04. The first-order valence-electron chi connectivity index (χ1n) is 13.0. The Labute approximate surface area is 217 Å². The summed E-state index contributed by atoms with van der Waals surface area (Å²) in [6.07, 6.45) is 3.81. The van der Waals surface area contributed by atoms with E-state index in [0.717, 1.165) is 47.4 Å². The van der Waals surface area contributed by atoms with Gasteiger partial charge < -0.3 is 24.3 Å². The summed E-state index contributed by atoms with van der Waals surface area (Å²) in [5.41, 5.74) is 3.30. The third-order valence-electron chi connectivity index (χ3n) is 7.06. The number of carbonyl (C=O) groups excluding carboxylic acids is 2. The Hall–Kier alpha value is -3.62. The van der Waals surface area contributed by atoms with Gasteiger partial charge in [-0.25, -0.2) is 19.6 Å². The van der Waals surface area contributed by atoms with Crippen LogP contribution >= 0.6 is 0 Å². The maximum Gasteiger partial charge on any atom is 0.410 e. The number of rotatable bonds is 4. The summed E-state index contributed by atoms with van der Waals surface area (Å²) in [4.78, 5) is 41.5. The number of pyridine rings is 1. The lowest BCUT2D eigenvalue weighted by atomic mass is 9.89. The summed E-state index contributed by atoms with van der Waals surface area (Å²) in [5.74, 6) is 1.27. The maximum absolute atomic E-state index is 12.6. The fourth-order valence-corrected chi connectivity index (χ4v) is 5.13. The van der Waals surface area contributed by atoms with Crippen molar-refractivity contribution in [2.45, 2.75) is 64.1 Å². The van der Waals surface area contributed by atoms with Crippen LogP contribution in [0.2, 0.25) is 0 Å². The lowest BCUT2D eigenvalue weighted by molar-refractivity contribution is 0.0205. The first-order chi connectivity index (χ1) is 17.8. The minimum absolute atomic E-state index is 0.111. The predicted molar refractivity (Wildman–Crippen MR) is 139 cm³/mol. The number of ether oxygens (including phenoxy) is 2. The van der Waals surface area contributed by atoms with Gasteiger partial charge in [-0.05, 0) is 63.1 Å². The van der Waals surface area contributed by atoms with Crippen LogP contribution in [0.4, 0.5) is 9.59 Å². The molecular weight excluding hydrogens is 470 g/mol. The van der Waals surface area contributed by atoms with E-state index in [9.17, 15) is 9.59 Å². The van der Waals surface area contributed by atoms with E-state index in [1.54, 1.807) is 9.80 Å². The van der Waals surface area contributed by atoms with Crippen LogP contribution in [0, 0.1) is 0 Å². The van der Waals surface area contributed by atoms with Gasteiger partial charge in [-0.3, -0.25) is 0 Å². The zero-order chi connectivity index (χ0) is 26.0. The number of fused-ring (bicyclic) bond motifs is 1. The molecule has 9 nitrogen and oxygen atoms in total. The second-order valence-corrected chi connectivity index (χ2v) is 10.9. The number of aromatic amines is 1. The first kappa shape index (κ1) is 25.0. The molecule has 2 fully saturated rings. The fraction of sp³-hybridized carbons (Fsp3) is 0.500. The summed E-state index contributed by atoms with van der Waals surface area (Å²) in [5, 5.41) is 0. The topological polar surface area (TPSA) is 101 Å². The van der Waals surface area contributed by atoms with Crippen molar-refractivity contribution in [2.24, 2.45) is 0 Å². The Morgan fingerprint density at radius 1 is 0.973 bits per heavy atom. The van der Waals surface area contributed by atoms with Gasteiger partial charge in [0.15, 0.2) is 5.65 Å². The van der Waals surface area contributed by atoms with Crippen molar-refractivity contribution >= 4 is 23.4 Å². The van der Waals surface area contributed by atoms with Crippen molar-refractivity contribution < 1.29 is 19.1 Å². The number of nitrogens with zero attached hydrogens (tertiary/aromatic N) is 4. The molecule has 2 aliphatic heterocycles. The Morgan fingerprint density at radius 2 is 1.68 bits per heavy atom. The molecule has 0 unspecified atom stereocenters. The van der Waals surface area contributed by atoms with Crippen molar-refractivity contribution in [1.29, 1.82) is 0 Å². The lowest BCUT2D eigenvalue weighted by Gasteiger charge is -2.33. The molecule has 0 bridgehead atoms. The number of likely N-dealkylation sites (tertiary alicyclic amines) is 2. The predicted octanol–water partition coefficient (Wildman–Crippen LogP) is 5.20. The highest BCUT2D eigenvalue weighted by atomic mass is 16.6. The molecule has 4 heterocycles. The smallest absolute Gasteiger partial charge is 0.410 e. The third-order valence-corrected chi connectivity index (χ3v) is 7.06. The van der Waals surface area contributed by atoms with Gasteiger partial charge in [0, 0.05) is 38.3 Å². The van der Waals surface area contributed by atoms with Gasteiger partial charge >= 0.3 is 12.2 Å². The highest BCUT2D eigenvalue weighted by Crippen LogP contribution is 2.34. The van der Waals surface area contributed by atoms with Crippen molar-refractivity contribution in [2.75, 3.05) is 26.2 Å². The maximum atomic E-state index is 12.6. The number of aromatic nitrogens is 3. The summed E-state index contributed by atoms with van der Waals surface area (Å²) >= 11 is 0. The van der Waals surface area contributed by atoms with E-state index in [0.29, 0.717) is 32.1 Å². The molecule has 9 heteroatoms. The van der Waals surface area contributed by atoms with Gasteiger partial charge in [0.05, 0.1) is 0 Å². The van der Waals surface area contributed by atoms with Gasteiger partial charge in [-0.2, -0.15) is 0 Å². The summed E-state index contributed by atoms with van der Waals surface area (Å²) in [7, 11) is 0. The molecule has 5 rings (SSSR count). The molecule has 3 aromatic rings. The fourth-order valence-electron chi connectivity index (χ4n) is 5.13. The lowest BCUT2D eigenvalue weighted by Crippen LogP contribution is -2.41. The summed E-state index contributed by atoms with van der Waals surface area (Å²) in [6, 6.07) is 11.7. The molecule has 1 atom stereocenters. The van der Waals surface area contributed by atoms with Crippen LogP contribution in [0.5, 0.6) is 0 Å². The van der Waals surface area contributed by atoms with Crippen LogP contribution in [0.3, 0.4) is 0 Å². The molecule has 0 spiro atoms. The van der Waals surface area contributed by atoms with Gasteiger partial charge in [-0.1, -0.05) is 30.3 Å². The standard InChI is InChI=1S/C28H35N5O4/c1-28(2,3)37-27(35)32-14-10-20(11-15-32)22-9-13-29-25-23(22)30-24(31-25)21-12-16-33(17-21)26(34)36-18-19-7-5-4-6-8-19/h4-9,13,20-21H,10-12,14-18H2,1-3H3,(H,29,30,31)/t21-/m1/s1. The highest BCUT2D eigenvalue weighted by molar-refractivity contribution is 5.76. The SMILES string of the molecule is CC(C)(C)OC(=O)N1CCC(c2ccnc3[nH]c([C@@H]4CCN(C(=O)OCc5ccccc5)C4)nc23)CC1. The minimum atomic E-state index is -0.495. The normalized spacial score (nSPS) is 18.8. The molecule has 1 aromatic carbocycles. The largest absolute Gasteiger partial charge is 0.445 e. The number of hydrogen-bond acceptors (Lipinski definition) is 6. The van der Waals surface area contributed by atoms with Crippen LogP contribution in [0.15, 0.2) is 42.6 Å². The third kappa shape index (κ3) is 5.87. The molecule has 2 saturated heterocycles. The first-order valence-corrected chi connectivity index (χ1v) is 13.0. The molecule has 196 valence electrons. The van der Waals surface area contributed by atoms with E-state index >= 15 is 0 Å². The number of carbonyl (C=O) groups is 2. The van der Waals surface area contributed by atoms with E-state index in [1.165, 1.54) is 0 Å². The van der Waals surface area contributed by atoms with Gasteiger partial charge in [-0.15, -0.1) is 0 Å². The van der Waals surface area contributed by atoms with Crippen LogP contribution < -0.4 is 0 Å². The highest BCUT2D eigenvalue weighted by Gasteiger charge is 2.32. The monoisotopic (exact) mass is 505 g/mol. The number of nitrogens with one attached hydrogen (secondary N) is 1. The Balaban J connectivity index is 1.21. The van der Waals surface area contributed by atoms with Crippen LogP contribution in [-0.2, 0) is 16.1 Å². The van der Waals surface area contributed by atoms with Gasteiger partial charge in [0.25, 0.3) is 0 Å². The zero-order valence-corrected chi connectivity index (χ0v) is 21.8. The second kappa shape index (κ2) is 10.4. The second-order valence-electron chi connectivity index (χ2n) is 10.9. The van der Waals surface area contributed by atoms with Crippen molar-refractivity contribution in [3.05, 3.63) is 59.5 Å². The quantitative estimate of drug-likeness (QED) is 0.523. The van der Waals surface area contributed by atoms with Crippen molar-refractivity contribution in [1.82, 2.24) is 24.8 Å². The molecular formula is C28H35N5O4. The van der Waals surface area contributed by atoms with Crippen LogP contribution in [-0.4, -0.2) is 68.7 Å². The molecule has 1 N–H and O–H groups in total. The van der Waals surface area contributed by atoms with Crippen molar-refractivity contribution in [3.8, 4) is 0 Å². The number of amides is 2. The molecule has 2 aliphatic rings. The van der Waals surface area contributed by atoms with Crippen molar-refractivity contribution in [3.63, 3.8) is 0 Å². The Morgan fingerprint density at radius 3 is 2.41 bits per heavy atom. The summed E-state index contributed by atoms with van der Waals surface area (Å²) < 4.78 is 11.0. The number of piperidine rings is 1. The number of hydrogen-bond donors (Lipinski definition) is 1. The van der Waals surface area contributed by atoms with Gasteiger partial charge in [0.1, 0.15) is 23.5 Å². The number of imidazole rings is 1. The molecule has 0 saturated carbocycles.